The molecule has 3 aromatic rings. The third kappa shape index (κ3) is 4.66. The van der Waals surface area contributed by atoms with Gasteiger partial charge in [0.05, 0.1) is 5.56 Å². The molecule has 7 heteroatoms. The van der Waals surface area contributed by atoms with Crippen LogP contribution in [0.2, 0.25) is 0 Å². The summed E-state index contributed by atoms with van der Waals surface area (Å²) in [6, 6.07) is 15.8. The smallest absolute Gasteiger partial charge is 0.257 e. The molecule has 1 fully saturated rings. The van der Waals surface area contributed by atoms with Crippen molar-refractivity contribution in [3.05, 3.63) is 65.2 Å². The minimum atomic E-state index is -0.105. The molecule has 6 nitrogen and oxygen atoms in total. The molecule has 0 saturated carbocycles. The number of hydrogen-bond donors (Lipinski definition) is 1. The highest BCUT2D eigenvalue weighted by atomic mass is 32.1. The van der Waals surface area contributed by atoms with Crippen molar-refractivity contribution in [3.8, 4) is 21.9 Å². The van der Waals surface area contributed by atoms with Crippen molar-refractivity contribution in [3.63, 3.8) is 0 Å². The molecule has 2 amide bonds. The molecule has 1 aromatic heterocycles. The lowest BCUT2D eigenvalue weighted by Gasteiger charge is -2.27. The molecule has 5 rings (SSSR count). The van der Waals surface area contributed by atoms with E-state index in [0.717, 1.165) is 59.7 Å². The Hall–Kier alpha value is -3.32. The largest absolute Gasteiger partial charge is 0.454 e. The number of rotatable bonds is 6. The zero-order valence-electron chi connectivity index (χ0n) is 19.3. The number of ether oxygens (including phenoxy) is 2. The van der Waals surface area contributed by atoms with Crippen molar-refractivity contribution in [2.45, 2.75) is 39.0 Å². The van der Waals surface area contributed by atoms with E-state index in [0.29, 0.717) is 29.2 Å². The van der Waals surface area contributed by atoms with Gasteiger partial charge in [-0.15, -0.1) is 11.3 Å². The number of amides is 2. The van der Waals surface area contributed by atoms with Gasteiger partial charge >= 0.3 is 0 Å². The Morgan fingerprint density at radius 3 is 2.56 bits per heavy atom. The first kappa shape index (κ1) is 22.5. The van der Waals surface area contributed by atoms with Gasteiger partial charge in [0.1, 0.15) is 5.00 Å². The lowest BCUT2D eigenvalue weighted by Crippen LogP contribution is -2.36. The van der Waals surface area contributed by atoms with E-state index in [2.05, 4.69) is 5.32 Å². The van der Waals surface area contributed by atoms with Crippen LogP contribution in [-0.2, 0) is 11.2 Å². The van der Waals surface area contributed by atoms with Crippen molar-refractivity contribution < 1.29 is 19.1 Å². The molecule has 2 aromatic carbocycles. The molecule has 0 atom stereocenters. The highest BCUT2D eigenvalue weighted by Gasteiger charge is 2.27. The van der Waals surface area contributed by atoms with Gasteiger partial charge in [-0.05, 0) is 61.4 Å². The van der Waals surface area contributed by atoms with E-state index in [1.807, 2.05) is 60.4 Å². The second kappa shape index (κ2) is 9.89. The van der Waals surface area contributed by atoms with Crippen molar-refractivity contribution >= 4 is 28.2 Å². The minimum absolute atomic E-state index is 0.0155. The molecular weight excluding hydrogens is 448 g/mol. The van der Waals surface area contributed by atoms with Gasteiger partial charge in [0.25, 0.3) is 5.91 Å². The predicted octanol–water partition coefficient (Wildman–Crippen LogP) is 5.65. The molecule has 2 aliphatic rings. The summed E-state index contributed by atoms with van der Waals surface area (Å²) >= 11 is 1.48. The monoisotopic (exact) mass is 476 g/mol. The predicted molar refractivity (Wildman–Crippen MR) is 134 cm³/mol. The molecule has 0 spiro atoms. The maximum atomic E-state index is 13.5. The first-order valence-corrected chi connectivity index (χ1v) is 12.6. The Labute approximate surface area is 203 Å². The van der Waals surface area contributed by atoms with Crippen molar-refractivity contribution in [1.82, 2.24) is 4.90 Å². The van der Waals surface area contributed by atoms with Crippen LogP contribution < -0.4 is 14.8 Å². The zero-order chi connectivity index (χ0) is 23.5. The van der Waals surface area contributed by atoms with Gasteiger partial charge in [0.15, 0.2) is 11.5 Å². The van der Waals surface area contributed by atoms with Crippen LogP contribution in [0.15, 0.2) is 48.5 Å². The van der Waals surface area contributed by atoms with Gasteiger partial charge in [-0.3, -0.25) is 9.59 Å². The maximum Gasteiger partial charge on any atom is 0.257 e. The maximum absolute atomic E-state index is 13.5. The van der Waals surface area contributed by atoms with Crippen molar-refractivity contribution in [1.29, 1.82) is 0 Å². The molecule has 1 N–H and O–H groups in total. The van der Waals surface area contributed by atoms with Crippen LogP contribution in [0.1, 0.15) is 47.2 Å². The SMILES string of the molecule is Cc1c(-c2ccccc2)sc(NC(=O)CCc2ccc3c(c2)OCO3)c1C(=O)N1CCCCC1. The molecule has 0 radical (unpaired) electrons. The van der Waals surface area contributed by atoms with Gasteiger partial charge in [-0.1, -0.05) is 36.4 Å². The number of nitrogens with zero attached hydrogens (tertiary/aromatic N) is 1. The number of benzene rings is 2. The Balaban J connectivity index is 1.36. The first-order valence-electron chi connectivity index (χ1n) is 11.8. The van der Waals surface area contributed by atoms with Gasteiger partial charge in [-0.25, -0.2) is 0 Å². The van der Waals surface area contributed by atoms with E-state index in [1.54, 1.807) is 0 Å². The Kier molecular flexibility index (Phi) is 6.54. The van der Waals surface area contributed by atoms with Crippen LogP contribution in [0.5, 0.6) is 11.5 Å². The molecule has 0 bridgehead atoms. The van der Waals surface area contributed by atoms with Crippen LogP contribution in [0.25, 0.3) is 10.4 Å². The summed E-state index contributed by atoms with van der Waals surface area (Å²) in [7, 11) is 0. The average Bonchev–Trinajstić information content (AvgIpc) is 3.47. The van der Waals surface area contributed by atoms with Crippen molar-refractivity contribution in [2.24, 2.45) is 0 Å². The molecule has 2 aliphatic heterocycles. The van der Waals surface area contributed by atoms with E-state index in [9.17, 15) is 9.59 Å². The van der Waals surface area contributed by atoms with E-state index in [-0.39, 0.29) is 18.6 Å². The lowest BCUT2D eigenvalue weighted by atomic mass is 10.0. The second-order valence-electron chi connectivity index (χ2n) is 8.71. The number of carbonyl (C=O) groups is 2. The van der Waals surface area contributed by atoms with Crippen molar-refractivity contribution in [2.75, 3.05) is 25.2 Å². The average molecular weight is 477 g/mol. The van der Waals surface area contributed by atoms with Gasteiger partial charge < -0.3 is 19.7 Å². The molecule has 0 aliphatic carbocycles. The third-order valence-electron chi connectivity index (χ3n) is 6.37. The summed E-state index contributed by atoms with van der Waals surface area (Å²) in [6.07, 6.45) is 4.10. The van der Waals surface area contributed by atoms with Gasteiger partial charge in [-0.2, -0.15) is 0 Å². The quantitative estimate of drug-likeness (QED) is 0.499. The number of likely N-dealkylation sites (tertiary alicyclic amines) is 1. The molecule has 1 saturated heterocycles. The third-order valence-corrected chi connectivity index (χ3v) is 7.63. The van der Waals surface area contributed by atoms with Crippen LogP contribution in [0, 0.1) is 6.92 Å². The fourth-order valence-electron chi connectivity index (χ4n) is 4.52. The van der Waals surface area contributed by atoms with Crippen LogP contribution in [0.4, 0.5) is 5.00 Å². The molecule has 176 valence electrons. The number of carbonyl (C=O) groups excluding carboxylic acids is 2. The summed E-state index contributed by atoms with van der Waals surface area (Å²) in [5.74, 6) is 1.36. The fourth-order valence-corrected chi connectivity index (χ4v) is 5.74. The van der Waals surface area contributed by atoms with Gasteiger partial charge in [0.2, 0.25) is 12.7 Å². The number of aryl methyl sites for hydroxylation is 1. The molecule has 34 heavy (non-hydrogen) atoms. The summed E-state index contributed by atoms with van der Waals surface area (Å²) in [5, 5.41) is 3.70. The molecular formula is C27H28N2O4S. The number of piperidine rings is 1. The van der Waals surface area contributed by atoms with Crippen LogP contribution in [0.3, 0.4) is 0 Å². The minimum Gasteiger partial charge on any atom is -0.454 e. The number of hydrogen-bond acceptors (Lipinski definition) is 5. The second-order valence-corrected chi connectivity index (χ2v) is 9.74. The van der Waals surface area contributed by atoms with Crippen LogP contribution >= 0.6 is 11.3 Å². The fraction of sp³-hybridized carbons (Fsp3) is 0.333. The Morgan fingerprint density at radius 2 is 1.76 bits per heavy atom. The Bertz CT molecular complexity index is 1200. The number of fused-ring (bicyclic) bond motifs is 1. The highest BCUT2D eigenvalue weighted by molar-refractivity contribution is 7.20. The highest BCUT2D eigenvalue weighted by Crippen LogP contribution is 2.41. The molecule has 0 unspecified atom stereocenters. The number of nitrogens with one attached hydrogen (secondary N) is 1. The van der Waals surface area contributed by atoms with Crippen LogP contribution in [-0.4, -0.2) is 36.6 Å². The summed E-state index contributed by atoms with van der Waals surface area (Å²) in [4.78, 5) is 29.4. The van der Waals surface area contributed by atoms with Gasteiger partial charge in [0, 0.05) is 24.4 Å². The summed E-state index contributed by atoms with van der Waals surface area (Å²) in [6.45, 7) is 3.76. The van der Waals surface area contributed by atoms with E-state index in [1.165, 1.54) is 11.3 Å². The summed E-state index contributed by atoms with van der Waals surface area (Å²) < 4.78 is 10.8. The molecule has 3 heterocycles. The standard InChI is InChI=1S/C27H28N2O4S/c1-18-24(27(31)29-14-6-3-7-15-29)26(34-25(18)20-8-4-2-5-9-20)28-23(30)13-11-19-10-12-21-22(16-19)33-17-32-21/h2,4-5,8-10,12,16H,3,6-7,11,13-15,17H2,1H3,(H,28,30). The lowest BCUT2D eigenvalue weighted by molar-refractivity contribution is -0.116. The van der Waals surface area contributed by atoms with E-state index < -0.39 is 0 Å². The Morgan fingerprint density at radius 1 is 1.00 bits per heavy atom. The number of thiophene rings is 1. The normalized spacial score (nSPS) is 14.8. The van der Waals surface area contributed by atoms with E-state index >= 15 is 0 Å². The first-order chi connectivity index (χ1) is 16.6. The topological polar surface area (TPSA) is 67.9 Å². The van der Waals surface area contributed by atoms with E-state index in [4.69, 9.17) is 9.47 Å². The zero-order valence-corrected chi connectivity index (χ0v) is 20.1. The summed E-state index contributed by atoms with van der Waals surface area (Å²) in [5.41, 5.74) is 3.62. The number of anilines is 1.